The maximum atomic E-state index is 13.6. The summed E-state index contributed by atoms with van der Waals surface area (Å²) in [5.74, 6) is 0.847. The highest BCUT2D eigenvalue weighted by molar-refractivity contribution is 6.19. The fourth-order valence-corrected chi connectivity index (χ4v) is 3.48. The van der Waals surface area contributed by atoms with Crippen molar-refractivity contribution in [2.75, 3.05) is 14.2 Å². The number of halogens is 1. The summed E-state index contributed by atoms with van der Waals surface area (Å²) in [6.45, 7) is 0. The second-order valence-corrected chi connectivity index (χ2v) is 6.28. The van der Waals surface area contributed by atoms with Crippen LogP contribution in [0.3, 0.4) is 0 Å². The van der Waals surface area contributed by atoms with Gasteiger partial charge in [-0.2, -0.15) is 0 Å². The number of aryl methyl sites for hydroxylation is 1. The van der Waals surface area contributed by atoms with Crippen LogP contribution >= 0.6 is 0 Å². The first-order valence-corrected chi connectivity index (χ1v) is 8.38. The number of methoxy groups -OCH3 is 2. The van der Waals surface area contributed by atoms with Gasteiger partial charge in [0.1, 0.15) is 5.82 Å². The standard InChI is InChI=1S/C21H18FNO3/c1-25-18-8-3-12(10-19(18)26-2)9-13-4-6-17-20(21(13)24)15-11-14(22)5-7-16(15)23-17/h3,5,7-11,23H,4,6H2,1-2H3/b13-9+. The first-order chi connectivity index (χ1) is 12.6. The van der Waals surface area contributed by atoms with Gasteiger partial charge in [0.15, 0.2) is 17.3 Å². The summed E-state index contributed by atoms with van der Waals surface area (Å²) in [6.07, 6.45) is 3.22. The summed E-state index contributed by atoms with van der Waals surface area (Å²) >= 11 is 0. The quantitative estimate of drug-likeness (QED) is 0.705. The average Bonchev–Trinajstić information content (AvgIpc) is 3.02. The van der Waals surface area contributed by atoms with Gasteiger partial charge in [0.05, 0.1) is 19.8 Å². The summed E-state index contributed by atoms with van der Waals surface area (Å²) < 4.78 is 24.2. The fourth-order valence-electron chi connectivity index (χ4n) is 3.48. The third-order valence-corrected chi connectivity index (χ3v) is 4.75. The van der Waals surface area contributed by atoms with E-state index in [4.69, 9.17) is 9.47 Å². The van der Waals surface area contributed by atoms with E-state index in [0.717, 1.165) is 23.2 Å². The normalized spacial score (nSPS) is 15.3. The van der Waals surface area contributed by atoms with Crippen LogP contribution in [0.25, 0.3) is 17.0 Å². The highest BCUT2D eigenvalue weighted by Gasteiger charge is 2.26. The smallest absolute Gasteiger partial charge is 0.191 e. The van der Waals surface area contributed by atoms with Crippen LogP contribution < -0.4 is 9.47 Å². The lowest BCUT2D eigenvalue weighted by molar-refractivity contribution is 0.102. The van der Waals surface area contributed by atoms with Gasteiger partial charge in [0, 0.05) is 22.2 Å². The molecule has 1 aliphatic carbocycles. The Morgan fingerprint density at radius 1 is 1.04 bits per heavy atom. The maximum absolute atomic E-state index is 13.6. The minimum atomic E-state index is -0.344. The predicted molar refractivity (Wildman–Crippen MR) is 98.4 cm³/mol. The van der Waals surface area contributed by atoms with E-state index in [0.29, 0.717) is 34.4 Å². The molecule has 26 heavy (non-hydrogen) atoms. The number of aromatic amines is 1. The first-order valence-electron chi connectivity index (χ1n) is 8.38. The molecule has 1 aromatic heterocycles. The minimum absolute atomic E-state index is 0.0575. The van der Waals surface area contributed by atoms with Crippen molar-refractivity contribution in [2.24, 2.45) is 0 Å². The molecule has 0 unspecified atom stereocenters. The van der Waals surface area contributed by atoms with Crippen LogP contribution in [-0.2, 0) is 6.42 Å². The van der Waals surface area contributed by atoms with Crippen molar-refractivity contribution in [3.05, 3.63) is 64.6 Å². The number of hydrogen-bond acceptors (Lipinski definition) is 3. The van der Waals surface area contributed by atoms with Gasteiger partial charge in [0.25, 0.3) is 0 Å². The molecule has 3 aromatic rings. The number of fused-ring (bicyclic) bond motifs is 3. The van der Waals surface area contributed by atoms with Crippen molar-refractivity contribution in [3.8, 4) is 11.5 Å². The van der Waals surface area contributed by atoms with E-state index in [2.05, 4.69) is 4.98 Å². The highest BCUT2D eigenvalue weighted by Crippen LogP contribution is 2.34. The molecule has 1 aliphatic rings. The van der Waals surface area contributed by atoms with E-state index < -0.39 is 0 Å². The minimum Gasteiger partial charge on any atom is -0.493 e. The molecule has 0 fully saturated rings. The Bertz CT molecular complexity index is 1050. The number of ketones is 1. The molecule has 0 radical (unpaired) electrons. The topological polar surface area (TPSA) is 51.3 Å². The van der Waals surface area contributed by atoms with Crippen LogP contribution in [0.4, 0.5) is 4.39 Å². The van der Waals surface area contributed by atoms with Crippen LogP contribution in [0.5, 0.6) is 11.5 Å². The highest BCUT2D eigenvalue weighted by atomic mass is 19.1. The molecule has 1 N–H and O–H groups in total. The molecule has 0 spiro atoms. The lowest BCUT2D eigenvalue weighted by Gasteiger charge is -2.15. The molecule has 1 heterocycles. The van der Waals surface area contributed by atoms with E-state index in [-0.39, 0.29) is 11.6 Å². The zero-order valence-electron chi connectivity index (χ0n) is 14.6. The largest absolute Gasteiger partial charge is 0.493 e. The van der Waals surface area contributed by atoms with Gasteiger partial charge in [0.2, 0.25) is 0 Å². The van der Waals surface area contributed by atoms with Crippen molar-refractivity contribution >= 4 is 22.8 Å². The third kappa shape index (κ3) is 2.65. The monoisotopic (exact) mass is 351 g/mol. The Balaban J connectivity index is 1.76. The van der Waals surface area contributed by atoms with Crippen molar-refractivity contribution in [1.82, 2.24) is 4.98 Å². The average molecular weight is 351 g/mol. The Labute approximate surface area is 150 Å². The summed E-state index contributed by atoms with van der Waals surface area (Å²) in [6, 6.07) is 10.0. The number of rotatable bonds is 3. The van der Waals surface area contributed by atoms with Gasteiger partial charge in [-0.3, -0.25) is 4.79 Å². The van der Waals surface area contributed by atoms with Gasteiger partial charge < -0.3 is 14.5 Å². The summed E-state index contributed by atoms with van der Waals surface area (Å²) in [5, 5.41) is 0.642. The Hall–Kier alpha value is -3.08. The van der Waals surface area contributed by atoms with Crippen molar-refractivity contribution in [2.45, 2.75) is 12.8 Å². The number of carbonyl (C=O) groups excluding carboxylic acids is 1. The molecule has 0 atom stereocenters. The fraction of sp³-hybridized carbons (Fsp3) is 0.190. The molecular formula is C21H18FNO3. The zero-order valence-corrected chi connectivity index (χ0v) is 14.6. The van der Waals surface area contributed by atoms with E-state index in [1.165, 1.54) is 12.1 Å². The lowest BCUT2D eigenvalue weighted by Crippen LogP contribution is -2.13. The predicted octanol–water partition coefficient (Wildman–Crippen LogP) is 4.54. The second-order valence-electron chi connectivity index (χ2n) is 6.28. The number of carbonyl (C=O) groups is 1. The van der Waals surface area contributed by atoms with Crippen LogP contribution in [0, 0.1) is 5.82 Å². The second kappa shape index (κ2) is 6.33. The van der Waals surface area contributed by atoms with Crippen molar-refractivity contribution in [3.63, 3.8) is 0 Å². The van der Waals surface area contributed by atoms with Gasteiger partial charge in [-0.25, -0.2) is 4.39 Å². The van der Waals surface area contributed by atoms with E-state index >= 15 is 0 Å². The third-order valence-electron chi connectivity index (χ3n) is 4.75. The van der Waals surface area contributed by atoms with Gasteiger partial charge in [-0.05, 0) is 54.8 Å². The van der Waals surface area contributed by atoms with Crippen molar-refractivity contribution < 1.29 is 18.7 Å². The number of nitrogens with one attached hydrogen (secondary N) is 1. The van der Waals surface area contributed by atoms with Crippen LogP contribution in [-0.4, -0.2) is 25.0 Å². The number of aromatic nitrogens is 1. The molecular weight excluding hydrogens is 333 g/mol. The van der Waals surface area contributed by atoms with E-state index in [9.17, 15) is 9.18 Å². The zero-order chi connectivity index (χ0) is 18.3. The van der Waals surface area contributed by atoms with Crippen LogP contribution in [0.1, 0.15) is 28.0 Å². The Morgan fingerprint density at radius 2 is 1.85 bits per heavy atom. The number of benzene rings is 2. The summed E-state index contributed by atoms with van der Waals surface area (Å²) in [4.78, 5) is 16.3. The first kappa shape index (κ1) is 16.4. The van der Waals surface area contributed by atoms with Gasteiger partial charge in [-0.1, -0.05) is 6.07 Å². The summed E-state index contributed by atoms with van der Waals surface area (Å²) in [7, 11) is 3.16. The molecule has 0 saturated heterocycles. The number of allylic oxidation sites excluding steroid dienone is 1. The van der Waals surface area contributed by atoms with Crippen LogP contribution in [0.15, 0.2) is 42.0 Å². The number of H-pyrrole nitrogens is 1. The van der Waals surface area contributed by atoms with Crippen molar-refractivity contribution in [1.29, 1.82) is 0 Å². The summed E-state index contributed by atoms with van der Waals surface area (Å²) in [5.41, 5.74) is 3.81. The Kier molecular flexibility index (Phi) is 3.99. The van der Waals surface area contributed by atoms with Gasteiger partial charge >= 0.3 is 0 Å². The molecule has 0 saturated carbocycles. The molecule has 0 bridgehead atoms. The molecule has 132 valence electrons. The van der Waals surface area contributed by atoms with Gasteiger partial charge in [-0.15, -0.1) is 0 Å². The van der Waals surface area contributed by atoms with E-state index in [1.807, 2.05) is 24.3 Å². The number of Topliss-reactive ketones (excluding diaryl/α,β-unsaturated/α-hetero) is 1. The van der Waals surface area contributed by atoms with E-state index in [1.54, 1.807) is 20.3 Å². The molecule has 2 aromatic carbocycles. The number of hydrogen-bond donors (Lipinski definition) is 1. The molecule has 4 nitrogen and oxygen atoms in total. The van der Waals surface area contributed by atoms with Crippen LogP contribution in [0.2, 0.25) is 0 Å². The SMILES string of the molecule is COc1ccc(/C=C2\CCc3[nH]c4ccc(F)cc4c3C2=O)cc1OC. The lowest BCUT2D eigenvalue weighted by atomic mass is 9.88. The molecule has 0 amide bonds. The molecule has 0 aliphatic heterocycles. The Morgan fingerprint density at radius 3 is 2.62 bits per heavy atom. The number of ether oxygens (including phenoxy) is 2. The maximum Gasteiger partial charge on any atom is 0.191 e. The molecule has 5 heteroatoms. The molecule has 4 rings (SSSR count).